The van der Waals surface area contributed by atoms with Gasteiger partial charge in [0.2, 0.25) is 5.91 Å². The summed E-state index contributed by atoms with van der Waals surface area (Å²) < 4.78 is 41.8. The van der Waals surface area contributed by atoms with Crippen LogP contribution < -0.4 is 10.6 Å². The molecule has 162 valence electrons. The molecule has 3 rings (SSSR count). The van der Waals surface area contributed by atoms with E-state index in [-0.39, 0.29) is 12.2 Å². The first-order valence-corrected chi connectivity index (χ1v) is 9.58. The van der Waals surface area contributed by atoms with Gasteiger partial charge < -0.3 is 10.6 Å². The van der Waals surface area contributed by atoms with E-state index in [1.54, 1.807) is 0 Å². The third kappa shape index (κ3) is 5.43. The molecule has 0 aliphatic heterocycles. The fourth-order valence-corrected chi connectivity index (χ4v) is 2.97. The molecule has 0 saturated heterocycles. The molecule has 0 aliphatic rings. The van der Waals surface area contributed by atoms with Crippen molar-refractivity contribution in [3.05, 3.63) is 82.6 Å². The van der Waals surface area contributed by atoms with Gasteiger partial charge in [0.1, 0.15) is 6.04 Å². The van der Waals surface area contributed by atoms with Gasteiger partial charge in [-0.3, -0.25) is 9.59 Å². The summed E-state index contributed by atoms with van der Waals surface area (Å²) in [4.78, 5) is 24.8. The second-order valence-electron chi connectivity index (χ2n) is 6.69. The van der Waals surface area contributed by atoms with Gasteiger partial charge in [-0.25, -0.2) is 4.68 Å². The Balaban J connectivity index is 1.76. The Morgan fingerprint density at radius 3 is 2.35 bits per heavy atom. The zero-order chi connectivity index (χ0) is 22.6. The van der Waals surface area contributed by atoms with Crippen molar-refractivity contribution in [1.82, 2.24) is 20.4 Å². The summed E-state index contributed by atoms with van der Waals surface area (Å²) >= 11 is 5.78. The maximum absolute atomic E-state index is 13.7. The van der Waals surface area contributed by atoms with Crippen LogP contribution in [0.1, 0.15) is 28.5 Å². The molecule has 0 radical (unpaired) electrons. The molecule has 0 fully saturated rings. The van der Waals surface area contributed by atoms with E-state index < -0.39 is 35.3 Å². The normalized spacial score (nSPS) is 12.3. The van der Waals surface area contributed by atoms with Crippen molar-refractivity contribution in [3.8, 4) is 5.69 Å². The summed E-state index contributed by atoms with van der Waals surface area (Å²) in [5.74, 6) is -1.59. The van der Waals surface area contributed by atoms with Gasteiger partial charge in [-0.15, -0.1) is 0 Å². The largest absolute Gasteiger partial charge is 0.434 e. The molecule has 0 bridgehead atoms. The van der Waals surface area contributed by atoms with Crippen LogP contribution in [0, 0.1) is 0 Å². The number of hydrogen-bond acceptors (Lipinski definition) is 3. The Morgan fingerprint density at radius 2 is 1.74 bits per heavy atom. The number of aromatic nitrogens is 2. The number of carbonyl (C=O) groups is 2. The number of halogens is 4. The molecule has 1 heterocycles. The Hall–Kier alpha value is -3.33. The van der Waals surface area contributed by atoms with Gasteiger partial charge in [0, 0.05) is 11.6 Å². The first kappa shape index (κ1) is 22.4. The topological polar surface area (TPSA) is 76.0 Å². The van der Waals surface area contributed by atoms with Gasteiger partial charge in [-0.05, 0) is 36.8 Å². The number of amides is 2. The van der Waals surface area contributed by atoms with Crippen LogP contribution in [-0.2, 0) is 17.5 Å². The molecule has 2 aromatic carbocycles. The van der Waals surface area contributed by atoms with Crippen molar-refractivity contribution < 1.29 is 22.8 Å². The highest BCUT2D eigenvalue weighted by Crippen LogP contribution is 2.33. The third-order valence-electron chi connectivity index (χ3n) is 4.40. The van der Waals surface area contributed by atoms with E-state index in [2.05, 4.69) is 15.7 Å². The highest BCUT2D eigenvalue weighted by Gasteiger charge is 2.41. The van der Waals surface area contributed by atoms with Crippen LogP contribution in [0.3, 0.4) is 0 Å². The molecule has 1 atom stereocenters. The van der Waals surface area contributed by atoms with Gasteiger partial charge in [-0.1, -0.05) is 41.9 Å². The molecule has 6 nitrogen and oxygen atoms in total. The lowest BCUT2D eigenvalue weighted by Gasteiger charge is -2.16. The first-order valence-electron chi connectivity index (χ1n) is 9.20. The van der Waals surface area contributed by atoms with Crippen LogP contribution in [-0.4, -0.2) is 27.6 Å². The van der Waals surface area contributed by atoms with Gasteiger partial charge in [-0.2, -0.15) is 18.3 Å². The Bertz CT molecular complexity index is 1070. The predicted molar refractivity (Wildman–Crippen MR) is 109 cm³/mol. The average molecular weight is 451 g/mol. The second kappa shape index (κ2) is 9.22. The zero-order valence-electron chi connectivity index (χ0n) is 16.3. The quantitative estimate of drug-likeness (QED) is 0.596. The molecule has 3 aromatic rings. The van der Waals surface area contributed by atoms with Gasteiger partial charge in [0.25, 0.3) is 5.91 Å². The van der Waals surface area contributed by atoms with Crippen molar-refractivity contribution in [2.45, 2.75) is 25.7 Å². The van der Waals surface area contributed by atoms with Crippen molar-refractivity contribution >= 4 is 23.4 Å². The van der Waals surface area contributed by atoms with Crippen LogP contribution in [0.25, 0.3) is 5.69 Å². The Labute approximate surface area is 181 Å². The summed E-state index contributed by atoms with van der Waals surface area (Å²) in [6, 6.07) is 13.5. The van der Waals surface area contributed by atoms with Crippen molar-refractivity contribution in [3.63, 3.8) is 0 Å². The Morgan fingerprint density at radius 1 is 1.10 bits per heavy atom. The molecular formula is C21H18ClF3N4O2. The van der Waals surface area contributed by atoms with E-state index in [1.807, 2.05) is 30.3 Å². The summed E-state index contributed by atoms with van der Waals surface area (Å²) in [6.07, 6.45) is -4.04. The molecule has 2 N–H and O–H groups in total. The SMILES string of the molecule is CC(NC(=O)c1cnn(-c2ccc(Cl)cc2)c1C(F)(F)F)C(=O)NCc1ccccc1. The first-order chi connectivity index (χ1) is 14.7. The molecule has 2 amide bonds. The summed E-state index contributed by atoms with van der Waals surface area (Å²) in [5.41, 5.74) is -1.00. The predicted octanol–water partition coefficient (Wildman–Crippen LogP) is 3.98. The number of carbonyl (C=O) groups excluding carboxylic acids is 2. The highest BCUT2D eigenvalue weighted by molar-refractivity contribution is 6.30. The van der Waals surface area contributed by atoms with Crippen LogP contribution in [0.4, 0.5) is 13.2 Å². The van der Waals surface area contributed by atoms with Crippen LogP contribution in [0.5, 0.6) is 0 Å². The lowest BCUT2D eigenvalue weighted by atomic mass is 10.2. The molecule has 10 heteroatoms. The minimum Gasteiger partial charge on any atom is -0.350 e. The molecule has 31 heavy (non-hydrogen) atoms. The zero-order valence-corrected chi connectivity index (χ0v) is 17.0. The summed E-state index contributed by atoms with van der Waals surface area (Å²) in [5, 5.41) is 8.99. The second-order valence-corrected chi connectivity index (χ2v) is 7.13. The lowest BCUT2D eigenvalue weighted by Crippen LogP contribution is -2.44. The van der Waals surface area contributed by atoms with Crippen molar-refractivity contribution in [1.29, 1.82) is 0 Å². The van der Waals surface area contributed by atoms with E-state index in [4.69, 9.17) is 11.6 Å². The number of benzene rings is 2. The van der Waals surface area contributed by atoms with Gasteiger partial charge >= 0.3 is 6.18 Å². The van der Waals surface area contributed by atoms with E-state index in [0.29, 0.717) is 9.70 Å². The van der Waals surface area contributed by atoms with Crippen LogP contribution in [0.2, 0.25) is 5.02 Å². The average Bonchev–Trinajstić information content (AvgIpc) is 3.19. The summed E-state index contributed by atoms with van der Waals surface area (Å²) in [6.45, 7) is 1.61. The molecule has 0 saturated carbocycles. The molecular weight excluding hydrogens is 433 g/mol. The standard InChI is InChI=1S/C21H18ClF3N4O2/c1-13(19(30)26-11-14-5-3-2-4-6-14)28-20(31)17-12-27-29(18(17)21(23,24)25)16-9-7-15(22)8-10-16/h2-10,12-13H,11H2,1H3,(H,26,30)(H,28,31). The van der Waals surface area contributed by atoms with Crippen LogP contribution >= 0.6 is 11.6 Å². The Kier molecular flexibility index (Phi) is 6.65. The van der Waals surface area contributed by atoms with Crippen LogP contribution in [0.15, 0.2) is 60.8 Å². The molecule has 0 spiro atoms. The van der Waals surface area contributed by atoms with E-state index in [0.717, 1.165) is 11.8 Å². The third-order valence-corrected chi connectivity index (χ3v) is 4.66. The van der Waals surface area contributed by atoms with Gasteiger partial charge in [0.15, 0.2) is 5.69 Å². The molecule has 1 aromatic heterocycles. The maximum Gasteiger partial charge on any atom is 0.434 e. The van der Waals surface area contributed by atoms with E-state index in [1.165, 1.54) is 31.2 Å². The number of rotatable bonds is 6. The maximum atomic E-state index is 13.7. The number of nitrogens with zero attached hydrogens (tertiary/aromatic N) is 2. The summed E-state index contributed by atoms with van der Waals surface area (Å²) in [7, 11) is 0. The minimum atomic E-state index is -4.86. The van der Waals surface area contributed by atoms with Gasteiger partial charge in [0.05, 0.1) is 17.4 Å². The van der Waals surface area contributed by atoms with Crippen molar-refractivity contribution in [2.24, 2.45) is 0 Å². The molecule has 0 aliphatic carbocycles. The lowest BCUT2D eigenvalue weighted by molar-refractivity contribution is -0.143. The van der Waals surface area contributed by atoms with Crippen molar-refractivity contribution in [2.75, 3.05) is 0 Å². The fraction of sp³-hybridized carbons (Fsp3) is 0.190. The highest BCUT2D eigenvalue weighted by atomic mass is 35.5. The molecule has 1 unspecified atom stereocenters. The smallest absolute Gasteiger partial charge is 0.350 e. The minimum absolute atomic E-state index is 0.0874. The number of nitrogens with one attached hydrogen (secondary N) is 2. The monoisotopic (exact) mass is 450 g/mol. The number of hydrogen-bond donors (Lipinski definition) is 2. The van der Waals surface area contributed by atoms with E-state index >= 15 is 0 Å². The number of alkyl halides is 3. The fourth-order valence-electron chi connectivity index (χ4n) is 2.84. The van der Waals surface area contributed by atoms with E-state index in [9.17, 15) is 22.8 Å².